The molecule has 0 heterocycles. The second-order valence-electron chi connectivity index (χ2n) is 0.836. The number of carbonyl (C=O) groups is 2. The number of hydrogen-bond acceptors (Lipinski definition) is 5. The van der Waals surface area contributed by atoms with Gasteiger partial charge in [-0.1, -0.05) is 0 Å². The summed E-state index contributed by atoms with van der Waals surface area (Å²) in [5.41, 5.74) is 0. The van der Waals surface area contributed by atoms with E-state index in [1.54, 1.807) is 0 Å². The maximum Gasteiger partial charge on any atom is 1.00 e. The minimum absolute atomic E-state index is 0. The van der Waals surface area contributed by atoms with Crippen molar-refractivity contribution < 1.29 is 122 Å². The summed E-state index contributed by atoms with van der Waals surface area (Å²) in [6, 6.07) is -5.09. The topological polar surface area (TPSA) is 103 Å². The van der Waals surface area contributed by atoms with Crippen molar-refractivity contribution in [2.45, 2.75) is 0 Å². The van der Waals surface area contributed by atoms with Gasteiger partial charge < -0.3 is 15.1 Å². The van der Waals surface area contributed by atoms with Crippen LogP contribution in [0.25, 0.3) is 0 Å². The Hall–Kier alpha value is 2.14. The molecular weight excluding hydrogens is 222 g/mol. The Morgan fingerprint density at radius 2 is 0.923 bits per heavy atom. The van der Waals surface area contributed by atoms with Crippen molar-refractivity contribution in [2.75, 3.05) is 0 Å². The van der Waals surface area contributed by atoms with Crippen molar-refractivity contribution in [3.63, 3.8) is 0 Å². The summed E-state index contributed by atoms with van der Waals surface area (Å²) in [6.45, 7) is 0. The van der Waals surface area contributed by atoms with E-state index >= 15 is 0 Å². The van der Waals surface area contributed by atoms with Gasteiger partial charge >= 0.3 is 101 Å². The van der Waals surface area contributed by atoms with Gasteiger partial charge in [0.2, 0.25) is 0 Å². The normalized spacial score (nSPS) is 5.62. The monoisotopic (exact) mass is 222 g/mol. The molecule has 0 saturated heterocycles. The average molecular weight is 222 g/mol. The second-order valence-corrected chi connectivity index (χ2v) is 0.836. The Morgan fingerprint density at radius 3 is 0.923 bits per heavy atom. The van der Waals surface area contributed by atoms with Gasteiger partial charge in [-0.2, -0.15) is 8.78 Å². The Balaban J connectivity index is -0.0000000279. The molecule has 0 bridgehead atoms. The summed E-state index contributed by atoms with van der Waals surface area (Å²) in [6.07, 6.45) is 0. The predicted octanol–water partition coefficient (Wildman–Crippen LogP) is -13.0. The van der Waals surface area contributed by atoms with Crippen molar-refractivity contribution in [3.05, 3.63) is 0 Å². The van der Waals surface area contributed by atoms with Crippen LogP contribution in [-0.2, 0) is 9.59 Å². The van der Waals surface area contributed by atoms with Gasteiger partial charge in [0.25, 0.3) is 0 Å². The standard InChI is InChI=1S/C2F2O2.BO3.3Na/c3-1(5)2(4)6;2-1(3)4;;;/q;-3;3*+1. The smallest absolute Gasteiger partial charge is 0.907 e. The van der Waals surface area contributed by atoms with Gasteiger partial charge in [-0.15, -0.1) is 0 Å². The molecule has 58 valence electrons. The van der Waals surface area contributed by atoms with Crippen molar-refractivity contribution in [2.24, 2.45) is 0 Å². The number of carbonyl (C=O) groups excluding carboxylic acids is 2. The van der Waals surface area contributed by atoms with Crippen LogP contribution in [-0.4, -0.2) is 19.4 Å². The van der Waals surface area contributed by atoms with Crippen LogP contribution < -0.4 is 104 Å². The van der Waals surface area contributed by atoms with Crippen molar-refractivity contribution in [1.82, 2.24) is 0 Å². The zero-order chi connectivity index (χ0) is 8.73. The molecule has 0 N–H and O–H groups in total. The first-order valence-electron chi connectivity index (χ1n) is 1.74. The van der Waals surface area contributed by atoms with Gasteiger partial charge in [-0.25, -0.2) is 9.59 Å². The number of rotatable bonds is 1. The third kappa shape index (κ3) is 55.3. The maximum absolute atomic E-state index is 10.5. The van der Waals surface area contributed by atoms with Crippen LogP contribution in [0.3, 0.4) is 0 Å². The zero-order valence-electron chi connectivity index (χ0n) is 7.37. The third-order valence-corrected chi connectivity index (χ3v) is 0.155. The molecule has 5 nitrogen and oxygen atoms in total. The molecule has 0 fully saturated rings. The SMILES string of the molecule is O=C(F)C(=O)F.[Na+].[Na+].[Na+].[O-]B([O-])[O-]. The first-order valence-corrected chi connectivity index (χ1v) is 1.74. The fourth-order valence-electron chi connectivity index (χ4n) is 0. The minimum Gasteiger partial charge on any atom is -0.907 e. The van der Waals surface area contributed by atoms with Gasteiger partial charge in [0, 0.05) is 0 Å². The Kier molecular flexibility index (Phi) is 44.6. The molecule has 0 rings (SSSR count). The van der Waals surface area contributed by atoms with Crippen LogP contribution in [0, 0.1) is 0 Å². The van der Waals surface area contributed by atoms with Crippen LogP contribution in [0.2, 0.25) is 0 Å². The van der Waals surface area contributed by atoms with E-state index in [2.05, 4.69) is 0 Å². The molecule has 0 amide bonds. The van der Waals surface area contributed by atoms with Gasteiger partial charge in [0.05, 0.1) is 0 Å². The van der Waals surface area contributed by atoms with Gasteiger partial charge in [-0.05, 0) is 0 Å². The van der Waals surface area contributed by atoms with E-state index in [-0.39, 0.29) is 88.7 Å². The molecule has 0 aromatic heterocycles. The van der Waals surface area contributed by atoms with E-state index in [0.717, 1.165) is 0 Å². The molecule has 0 aliphatic heterocycles. The predicted molar refractivity (Wildman–Crippen MR) is 18.0 cm³/mol. The van der Waals surface area contributed by atoms with Crippen molar-refractivity contribution in [3.8, 4) is 0 Å². The van der Waals surface area contributed by atoms with E-state index in [4.69, 9.17) is 24.7 Å². The summed E-state index contributed by atoms with van der Waals surface area (Å²) < 4.78 is 20.9. The van der Waals surface area contributed by atoms with Crippen LogP contribution in [0.5, 0.6) is 0 Å². The number of halogens is 2. The molecule has 0 saturated carbocycles. The zero-order valence-corrected chi connectivity index (χ0v) is 13.4. The molecule has 0 spiro atoms. The molecule has 0 unspecified atom stereocenters. The Labute approximate surface area is 139 Å². The Bertz CT molecular complexity index is 120. The van der Waals surface area contributed by atoms with E-state index in [9.17, 15) is 8.78 Å². The summed E-state index contributed by atoms with van der Waals surface area (Å²) in [4.78, 5) is 17.5. The minimum atomic E-state index is -2.92. The van der Waals surface area contributed by atoms with Crippen molar-refractivity contribution >= 4 is 19.4 Å². The van der Waals surface area contributed by atoms with Crippen molar-refractivity contribution in [1.29, 1.82) is 0 Å². The van der Waals surface area contributed by atoms with Gasteiger partial charge in [0.15, 0.2) is 0 Å². The van der Waals surface area contributed by atoms with Crippen LogP contribution in [0.15, 0.2) is 0 Å². The molecule has 0 aromatic rings. The van der Waals surface area contributed by atoms with Crippen LogP contribution >= 0.6 is 0 Å². The molecule has 0 aliphatic rings. The molecular formula is C2BF2Na3O5. The fourth-order valence-corrected chi connectivity index (χ4v) is 0. The maximum atomic E-state index is 10.5. The molecule has 0 radical (unpaired) electrons. The second kappa shape index (κ2) is 19.7. The summed E-state index contributed by atoms with van der Waals surface area (Å²) in [5, 5.41) is 25.2. The van der Waals surface area contributed by atoms with Crippen LogP contribution in [0.4, 0.5) is 8.78 Å². The van der Waals surface area contributed by atoms with Gasteiger partial charge in [0.1, 0.15) is 0 Å². The van der Waals surface area contributed by atoms with E-state index in [1.807, 2.05) is 0 Å². The summed E-state index contributed by atoms with van der Waals surface area (Å²) in [7, 11) is -2.92. The largest absolute Gasteiger partial charge is 1.00 e. The molecule has 13 heavy (non-hydrogen) atoms. The molecule has 0 aliphatic carbocycles. The molecule has 0 atom stereocenters. The quantitative estimate of drug-likeness (QED) is 0.249. The van der Waals surface area contributed by atoms with E-state index in [1.165, 1.54) is 0 Å². The molecule has 0 aromatic carbocycles. The van der Waals surface area contributed by atoms with Gasteiger partial charge in [-0.3, -0.25) is 7.32 Å². The average Bonchev–Trinajstić information content (AvgIpc) is 1.63. The third-order valence-electron chi connectivity index (χ3n) is 0.155. The first-order chi connectivity index (χ1) is 4.37. The fraction of sp³-hybridized carbons (Fsp3) is 0. The Morgan fingerprint density at radius 1 is 0.846 bits per heavy atom. The first kappa shape index (κ1) is 29.4. The number of hydrogen-bond donors (Lipinski definition) is 0. The summed E-state index contributed by atoms with van der Waals surface area (Å²) >= 11 is 0. The van der Waals surface area contributed by atoms with E-state index < -0.39 is 19.4 Å². The molecule has 11 heteroatoms. The van der Waals surface area contributed by atoms with Crippen LogP contribution in [0.1, 0.15) is 0 Å². The van der Waals surface area contributed by atoms with E-state index in [0.29, 0.717) is 0 Å². The summed E-state index contributed by atoms with van der Waals surface area (Å²) in [5.74, 6) is 0.